The fourth-order valence-electron chi connectivity index (χ4n) is 4.84. The van der Waals surface area contributed by atoms with Crippen molar-refractivity contribution < 1.29 is 19.1 Å². The van der Waals surface area contributed by atoms with Crippen molar-refractivity contribution in [1.29, 1.82) is 0 Å². The molecular weight excluding hydrogens is 566 g/mol. The predicted molar refractivity (Wildman–Crippen MR) is 188 cm³/mol. The summed E-state index contributed by atoms with van der Waals surface area (Å²) in [5.74, 6) is 1.53. The Balaban J connectivity index is 0.00000136. The van der Waals surface area contributed by atoms with Crippen molar-refractivity contribution in [3.8, 4) is 0 Å². The Bertz CT molecular complexity index is 915. The lowest BCUT2D eigenvalue weighted by molar-refractivity contribution is -0.138. The molecule has 2 unspecified atom stereocenters. The zero-order valence-electron chi connectivity index (χ0n) is 30.5. The van der Waals surface area contributed by atoms with Gasteiger partial charge in [-0.25, -0.2) is 0 Å². The number of amides is 3. The third-order valence-corrected chi connectivity index (χ3v) is 8.03. The fraction of sp³-hybridized carbons (Fsp3) is 0.750. The van der Waals surface area contributed by atoms with Gasteiger partial charge in [-0.1, -0.05) is 45.4 Å². The summed E-state index contributed by atoms with van der Waals surface area (Å²) in [7, 11) is 8.00. The quantitative estimate of drug-likeness (QED) is 0.123. The van der Waals surface area contributed by atoms with Gasteiger partial charge in [-0.05, 0) is 98.8 Å². The molecule has 0 aromatic carbocycles. The van der Waals surface area contributed by atoms with Crippen LogP contribution in [0, 0.1) is 5.92 Å². The molecule has 0 aromatic rings. The van der Waals surface area contributed by atoms with Gasteiger partial charge in [0, 0.05) is 51.6 Å². The maximum atomic E-state index is 13.3. The molecule has 0 N–H and O–H groups in total. The van der Waals surface area contributed by atoms with Gasteiger partial charge < -0.3 is 19.4 Å². The molecule has 0 spiro atoms. The van der Waals surface area contributed by atoms with Crippen molar-refractivity contribution in [2.75, 3.05) is 80.6 Å². The van der Waals surface area contributed by atoms with Crippen LogP contribution in [0.15, 0.2) is 35.6 Å². The standard InChI is InChI=1S/C28H51N3O2.C8H16N2O2/c1-8-11-19-30(20-13-12-18-29(6)7)28(32)23-31(25(5)9-2)22-24(4)15-14-16-27-26(10-3)17-21-33-27;1-4-10(7-11)8(12)5-6-9(2)3/h10,14-16,24-25H,8-9,11-13,17-23H2,1-7H3;7H,4-6H2,1-3H3/b15-14+,26-10-,27-16+;. The number of ether oxygens (including phenoxy) is 1. The van der Waals surface area contributed by atoms with E-state index >= 15 is 0 Å². The molecule has 0 aromatic heterocycles. The highest BCUT2D eigenvalue weighted by Crippen LogP contribution is 2.23. The summed E-state index contributed by atoms with van der Waals surface area (Å²) in [6.07, 6.45) is 16.0. The van der Waals surface area contributed by atoms with Crippen LogP contribution in [0.1, 0.15) is 86.5 Å². The number of carbonyl (C=O) groups is 3. The molecule has 1 aliphatic heterocycles. The molecule has 0 bridgehead atoms. The lowest BCUT2D eigenvalue weighted by Gasteiger charge is -2.32. The molecule has 0 saturated carbocycles. The van der Waals surface area contributed by atoms with Gasteiger partial charge >= 0.3 is 0 Å². The lowest BCUT2D eigenvalue weighted by atomic mass is 10.1. The number of carbonyl (C=O) groups excluding carboxylic acids is 3. The minimum Gasteiger partial charge on any atom is -0.493 e. The Hall–Kier alpha value is -2.49. The summed E-state index contributed by atoms with van der Waals surface area (Å²) in [5.41, 5.74) is 1.29. The molecule has 3 amide bonds. The Morgan fingerprint density at radius 3 is 2.11 bits per heavy atom. The van der Waals surface area contributed by atoms with Crippen LogP contribution in [-0.4, -0.2) is 129 Å². The Labute approximate surface area is 276 Å². The first-order valence-electron chi connectivity index (χ1n) is 17.2. The number of allylic oxidation sites excluding steroid dienone is 4. The average Bonchev–Trinajstić information content (AvgIpc) is 3.47. The molecule has 0 radical (unpaired) electrons. The van der Waals surface area contributed by atoms with Crippen LogP contribution in [0.5, 0.6) is 0 Å². The van der Waals surface area contributed by atoms with Crippen molar-refractivity contribution in [2.45, 2.75) is 92.5 Å². The first kappa shape index (κ1) is 42.5. The average molecular weight is 634 g/mol. The molecule has 9 nitrogen and oxygen atoms in total. The zero-order valence-corrected chi connectivity index (χ0v) is 30.5. The maximum absolute atomic E-state index is 13.3. The van der Waals surface area contributed by atoms with Crippen molar-refractivity contribution in [3.05, 3.63) is 35.6 Å². The van der Waals surface area contributed by atoms with Crippen LogP contribution in [0.3, 0.4) is 0 Å². The molecule has 1 fully saturated rings. The highest BCUT2D eigenvalue weighted by atomic mass is 16.5. The topological polar surface area (TPSA) is 76.6 Å². The zero-order chi connectivity index (χ0) is 34.2. The minimum atomic E-state index is -0.110. The SMILES string of the molecule is C/C=C1/CCO/C1=C/C=C/C(C)CN(CC(=O)N(CCCC)CCCCN(C)C)C(C)CC.CCN(C=O)C(=O)CCN(C)C. The lowest BCUT2D eigenvalue weighted by Crippen LogP contribution is -2.45. The molecule has 260 valence electrons. The van der Waals surface area contributed by atoms with Crippen molar-refractivity contribution in [2.24, 2.45) is 5.92 Å². The van der Waals surface area contributed by atoms with E-state index in [9.17, 15) is 14.4 Å². The minimum absolute atomic E-state index is 0.110. The normalized spacial score (nSPS) is 16.3. The molecule has 0 aliphatic carbocycles. The van der Waals surface area contributed by atoms with Gasteiger partial charge in [0.05, 0.1) is 13.2 Å². The molecule has 1 heterocycles. The van der Waals surface area contributed by atoms with Crippen LogP contribution < -0.4 is 0 Å². The van der Waals surface area contributed by atoms with E-state index in [0.29, 0.717) is 44.4 Å². The highest BCUT2D eigenvalue weighted by Gasteiger charge is 2.21. The number of imide groups is 1. The number of hydrogen-bond donors (Lipinski definition) is 0. The van der Waals surface area contributed by atoms with Gasteiger partial charge in [0.1, 0.15) is 5.76 Å². The molecule has 9 heteroatoms. The predicted octanol–water partition coefficient (Wildman–Crippen LogP) is 5.44. The molecule has 1 rings (SSSR count). The van der Waals surface area contributed by atoms with Crippen LogP contribution in [0.2, 0.25) is 0 Å². The first-order chi connectivity index (χ1) is 21.4. The van der Waals surface area contributed by atoms with Crippen molar-refractivity contribution in [3.63, 3.8) is 0 Å². The van der Waals surface area contributed by atoms with Gasteiger partial charge in [0.25, 0.3) is 0 Å². The van der Waals surface area contributed by atoms with Crippen LogP contribution in [0.25, 0.3) is 0 Å². The Morgan fingerprint density at radius 2 is 1.56 bits per heavy atom. The third-order valence-electron chi connectivity index (χ3n) is 8.03. The summed E-state index contributed by atoms with van der Waals surface area (Å²) < 4.78 is 5.72. The second-order valence-corrected chi connectivity index (χ2v) is 12.6. The number of rotatable bonds is 21. The van der Waals surface area contributed by atoms with E-state index in [1.54, 1.807) is 6.92 Å². The van der Waals surface area contributed by atoms with E-state index in [-0.39, 0.29) is 11.8 Å². The summed E-state index contributed by atoms with van der Waals surface area (Å²) in [5, 5.41) is 0. The monoisotopic (exact) mass is 634 g/mol. The van der Waals surface area contributed by atoms with E-state index in [4.69, 9.17) is 4.74 Å². The Kier molecular flexibility index (Phi) is 24.3. The van der Waals surface area contributed by atoms with Crippen molar-refractivity contribution >= 4 is 18.2 Å². The number of nitrogens with zero attached hydrogens (tertiary/aromatic N) is 5. The second kappa shape index (κ2) is 25.7. The van der Waals surface area contributed by atoms with E-state index < -0.39 is 0 Å². The molecule has 1 saturated heterocycles. The van der Waals surface area contributed by atoms with Gasteiger partial charge in [-0.2, -0.15) is 0 Å². The molecule has 2 atom stereocenters. The van der Waals surface area contributed by atoms with Crippen molar-refractivity contribution in [1.82, 2.24) is 24.5 Å². The van der Waals surface area contributed by atoms with Gasteiger partial charge in [-0.3, -0.25) is 24.2 Å². The summed E-state index contributed by atoms with van der Waals surface area (Å²) in [4.78, 5) is 44.5. The van der Waals surface area contributed by atoms with E-state index in [2.05, 4.69) is 87.7 Å². The molecule has 1 aliphatic rings. The second-order valence-electron chi connectivity index (χ2n) is 12.6. The van der Waals surface area contributed by atoms with E-state index in [1.165, 1.54) is 10.5 Å². The molecule has 45 heavy (non-hydrogen) atoms. The summed E-state index contributed by atoms with van der Waals surface area (Å²) >= 11 is 0. The number of unbranched alkanes of at least 4 members (excludes halogenated alkanes) is 2. The Morgan fingerprint density at radius 1 is 0.911 bits per heavy atom. The molecular formula is C36H67N5O4. The van der Waals surface area contributed by atoms with Crippen LogP contribution in [0.4, 0.5) is 0 Å². The maximum Gasteiger partial charge on any atom is 0.236 e. The first-order valence-corrected chi connectivity index (χ1v) is 17.2. The van der Waals surface area contributed by atoms with Crippen LogP contribution >= 0.6 is 0 Å². The van der Waals surface area contributed by atoms with Gasteiger partial charge in [0.2, 0.25) is 18.2 Å². The fourth-order valence-corrected chi connectivity index (χ4v) is 4.84. The van der Waals surface area contributed by atoms with E-state index in [0.717, 1.165) is 77.1 Å². The highest BCUT2D eigenvalue weighted by molar-refractivity contribution is 5.86. The third kappa shape index (κ3) is 19.6. The van der Waals surface area contributed by atoms with Gasteiger partial charge in [-0.15, -0.1) is 0 Å². The number of hydrogen-bond acceptors (Lipinski definition) is 7. The van der Waals surface area contributed by atoms with Crippen LogP contribution in [-0.2, 0) is 19.1 Å². The smallest absolute Gasteiger partial charge is 0.236 e. The summed E-state index contributed by atoms with van der Waals surface area (Å²) in [6, 6.07) is 0.387. The summed E-state index contributed by atoms with van der Waals surface area (Å²) in [6.45, 7) is 18.9. The van der Waals surface area contributed by atoms with Gasteiger partial charge in [0.15, 0.2) is 0 Å². The largest absolute Gasteiger partial charge is 0.493 e. The van der Waals surface area contributed by atoms with E-state index in [1.807, 2.05) is 19.0 Å².